The van der Waals surface area contributed by atoms with Crippen LogP contribution in [0.2, 0.25) is 0 Å². The maximum Gasteiger partial charge on any atom is 0.269 e. The Morgan fingerprint density at radius 3 is 2.52 bits per heavy atom. The molecule has 4 heteroatoms. The van der Waals surface area contributed by atoms with E-state index in [1.165, 1.54) is 27.3 Å². The third-order valence-electron chi connectivity index (χ3n) is 4.00. The van der Waals surface area contributed by atoms with Gasteiger partial charge >= 0.3 is 0 Å². The van der Waals surface area contributed by atoms with Crippen LogP contribution in [0, 0.1) is 10.1 Å². The van der Waals surface area contributed by atoms with Gasteiger partial charge in [0.1, 0.15) is 13.1 Å². The van der Waals surface area contributed by atoms with Gasteiger partial charge in [-0.25, -0.2) is 0 Å². The van der Waals surface area contributed by atoms with E-state index < -0.39 is 0 Å². The molecule has 0 fully saturated rings. The first kappa shape index (κ1) is 15.2. The average Bonchev–Trinajstić information content (AvgIpc) is 2.55. The van der Waals surface area contributed by atoms with Crippen LogP contribution in [-0.4, -0.2) is 12.0 Å². The number of nitrogens with one attached hydrogen (secondary N) is 1. The molecule has 1 atom stereocenters. The Morgan fingerprint density at radius 1 is 0.957 bits per heavy atom. The highest BCUT2D eigenvalue weighted by molar-refractivity contribution is 5.85. The molecule has 0 aliphatic carbocycles. The summed E-state index contributed by atoms with van der Waals surface area (Å²) in [4.78, 5) is 11.8. The number of hydrogen-bond acceptors (Lipinski definition) is 2. The van der Waals surface area contributed by atoms with Crippen LogP contribution in [0.5, 0.6) is 0 Å². The van der Waals surface area contributed by atoms with Crippen molar-refractivity contribution in [2.75, 3.05) is 7.05 Å². The van der Waals surface area contributed by atoms with E-state index in [0.29, 0.717) is 0 Å². The van der Waals surface area contributed by atoms with Gasteiger partial charge < -0.3 is 4.90 Å². The molecule has 0 bridgehead atoms. The Morgan fingerprint density at radius 2 is 1.70 bits per heavy atom. The molecule has 3 rings (SSSR count). The van der Waals surface area contributed by atoms with E-state index in [1.54, 1.807) is 12.1 Å². The van der Waals surface area contributed by atoms with Gasteiger partial charge in [0.05, 0.1) is 12.0 Å². The first-order chi connectivity index (χ1) is 11.1. The smallest absolute Gasteiger partial charge is 0.269 e. The molecular weight excluding hydrogens is 288 g/mol. The van der Waals surface area contributed by atoms with Gasteiger partial charge in [0.15, 0.2) is 0 Å². The number of nitrogens with zero attached hydrogens (tertiary/aromatic N) is 1. The minimum Gasteiger partial charge on any atom is -0.330 e. The van der Waals surface area contributed by atoms with Crippen LogP contribution in [0.3, 0.4) is 0 Å². The second-order valence-corrected chi connectivity index (χ2v) is 5.88. The Kier molecular flexibility index (Phi) is 4.35. The predicted molar refractivity (Wildman–Crippen MR) is 91.3 cm³/mol. The summed E-state index contributed by atoms with van der Waals surface area (Å²) in [7, 11) is 2.11. The van der Waals surface area contributed by atoms with Gasteiger partial charge in [0.2, 0.25) is 0 Å². The zero-order chi connectivity index (χ0) is 16.2. The van der Waals surface area contributed by atoms with E-state index in [0.717, 1.165) is 18.7 Å². The molecule has 0 aromatic heterocycles. The minimum absolute atomic E-state index is 0.153. The number of quaternary nitrogens is 1. The highest BCUT2D eigenvalue weighted by Gasteiger charge is 2.11. The maximum absolute atomic E-state index is 10.9. The Labute approximate surface area is 135 Å². The van der Waals surface area contributed by atoms with Gasteiger partial charge in [-0.15, -0.1) is 0 Å². The molecule has 0 saturated carbocycles. The number of fused-ring (bicyclic) bond motifs is 1. The topological polar surface area (TPSA) is 47.6 Å². The van der Waals surface area contributed by atoms with Crippen LogP contribution < -0.4 is 4.90 Å². The van der Waals surface area contributed by atoms with Crippen molar-refractivity contribution in [1.29, 1.82) is 0 Å². The average molecular weight is 307 g/mol. The Balaban J connectivity index is 1.77. The van der Waals surface area contributed by atoms with Crippen LogP contribution in [0.1, 0.15) is 11.1 Å². The van der Waals surface area contributed by atoms with Crippen molar-refractivity contribution in [2.24, 2.45) is 0 Å². The van der Waals surface area contributed by atoms with Gasteiger partial charge in [-0.05, 0) is 10.8 Å². The van der Waals surface area contributed by atoms with E-state index >= 15 is 0 Å². The normalized spacial score (nSPS) is 12.2. The molecule has 0 saturated heterocycles. The number of rotatable bonds is 5. The van der Waals surface area contributed by atoms with Crippen molar-refractivity contribution in [1.82, 2.24) is 0 Å². The molecule has 3 aromatic rings. The fourth-order valence-corrected chi connectivity index (χ4v) is 2.96. The van der Waals surface area contributed by atoms with E-state index in [-0.39, 0.29) is 10.6 Å². The lowest BCUT2D eigenvalue weighted by molar-refractivity contribution is -0.907. The number of nitro groups is 1. The van der Waals surface area contributed by atoms with Gasteiger partial charge in [0, 0.05) is 23.3 Å². The maximum atomic E-state index is 10.9. The van der Waals surface area contributed by atoms with Gasteiger partial charge in [0.25, 0.3) is 5.69 Å². The summed E-state index contributed by atoms with van der Waals surface area (Å²) in [6.45, 7) is 1.63. The monoisotopic (exact) mass is 307 g/mol. The Hall–Kier alpha value is -2.72. The van der Waals surface area contributed by atoms with Crippen molar-refractivity contribution in [3.8, 4) is 0 Å². The van der Waals surface area contributed by atoms with E-state index in [4.69, 9.17) is 0 Å². The SMILES string of the molecule is C[NH+](Cc1cccc([N+](=O)[O-])c1)Cc1cccc2ccccc12. The number of nitro benzene ring substituents is 1. The van der Waals surface area contributed by atoms with E-state index in [2.05, 4.69) is 43.4 Å². The fraction of sp³-hybridized carbons (Fsp3) is 0.158. The summed E-state index contributed by atoms with van der Waals surface area (Å²) >= 11 is 0. The lowest BCUT2D eigenvalue weighted by Gasteiger charge is -2.15. The molecule has 0 heterocycles. The summed E-state index contributed by atoms with van der Waals surface area (Å²) in [6, 6.07) is 21.6. The lowest BCUT2D eigenvalue weighted by Crippen LogP contribution is -3.06. The fourth-order valence-electron chi connectivity index (χ4n) is 2.96. The molecule has 0 spiro atoms. The van der Waals surface area contributed by atoms with Crippen LogP contribution in [-0.2, 0) is 13.1 Å². The summed E-state index contributed by atoms with van der Waals surface area (Å²) in [5, 5.41) is 13.4. The predicted octanol–water partition coefficient (Wildman–Crippen LogP) is 2.96. The first-order valence-corrected chi connectivity index (χ1v) is 7.65. The van der Waals surface area contributed by atoms with Crippen LogP contribution in [0.25, 0.3) is 10.8 Å². The highest BCUT2D eigenvalue weighted by atomic mass is 16.6. The summed E-state index contributed by atoms with van der Waals surface area (Å²) in [5.74, 6) is 0. The highest BCUT2D eigenvalue weighted by Crippen LogP contribution is 2.18. The zero-order valence-electron chi connectivity index (χ0n) is 13.0. The van der Waals surface area contributed by atoms with E-state index in [9.17, 15) is 10.1 Å². The minimum atomic E-state index is -0.344. The number of hydrogen-bond donors (Lipinski definition) is 1. The second-order valence-electron chi connectivity index (χ2n) is 5.88. The van der Waals surface area contributed by atoms with Crippen LogP contribution in [0.4, 0.5) is 5.69 Å². The van der Waals surface area contributed by atoms with Crippen molar-refractivity contribution in [3.63, 3.8) is 0 Å². The van der Waals surface area contributed by atoms with Crippen molar-refractivity contribution in [3.05, 3.63) is 88.0 Å². The molecule has 0 aliphatic heterocycles. The van der Waals surface area contributed by atoms with Gasteiger partial charge in [-0.2, -0.15) is 0 Å². The number of benzene rings is 3. The van der Waals surface area contributed by atoms with Crippen molar-refractivity contribution < 1.29 is 9.82 Å². The first-order valence-electron chi connectivity index (χ1n) is 7.65. The van der Waals surface area contributed by atoms with Gasteiger partial charge in [-0.3, -0.25) is 10.1 Å². The molecule has 0 amide bonds. The zero-order valence-corrected chi connectivity index (χ0v) is 13.0. The molecule has 4 nitrogen and oxygen atoms in total. The van der Waals surface area contributed by atoms with E-state index in [1.807, 2.05) is 12.1 Å². The van der Waals surface area contributed by atoms with Gasteiger partial charge in [-0.1, -0.05) is 54.6 Å². The van der Waals surface area contributed by atoms with Crippen molar-refractivity contribution >= 4 is 16.5 Å². The largest absolute Gasteiger partial charge is 0.330 e. The third-order valence-corrected chi connectivity index (χ3v) is 4.00. The molecule has 116 valence electrons. The molecule has 23 heavy (non-hydrogen) atoms. The lowest BCUT2D eigenvalue weighted by atomic mass is 10.0. The molecule has 1 N–H and O–H groups in total. The third kappa shape index (κ3) is 3.55. The van der Waals surface area contributed by atoms with Crippen LogP contribution >= 0.6 is 0 Å². The molecule has 3 aromatic carbocycles. The number of non-ortho nitro benzene ring substituents is 1. The Bertz CT molecular complexity index is 840. The molecular formula is C19H19N2O2+. The molecule has 1 unspecified atom stereocenters. The van der Waals surface area contributed by atoms with Crippen molar-refractivity contribution in [2.45, 2.75) is 13.1 Å². The summed E-state index contributed by atoms with van der Waals surface area (Å²) in [6.07, 6.45) is 0. The quantitative estimate of drug-likeness (QED) is 0.582. The summed E-state index contributed by atoms with van der Waals surface area (Å²) < 4.78 is 0. The standard InChI is InChI=1S/C19H18N2O2/c1-20(13-15-6-4-10-18(12-15)21(22)23)14-17-9-5-8-16-7-2-3-11-19(16)17/h2-12H,13-14H2,1H3/p+1. The summed E-state index contributed by atoms with van der Waals surface area (Å²) in [5.41, 5.74) is 2.43. The van der Waals surface area contributed by atoms with Crippen LogP contribution in [0.15, 0.2) is 66.7 Å². The molecule has 0 radical (unpaired) electrons. The molecule has 0 aliphatic rings. The second kappa shape index (κ2) is 6.58.